The van der Waals surface area contributed by atoms with E-state index in [2.05, 4.69) is 46.0 Å². The lowest BCUT2D eigenvalue weighted by Gasteiger charge is -2.22. The van der Waals surface area contributed by atoms with E-state index in [1.807, 2.05) is 0 Å². The monoisotopic (exact) mass is 389 g/mol. The summed E-state index contributed by atoms with van der Waals surface area (Å²) in [4.78, 5) is 3.66. The molecule has 1 aromatic carbocycles. The van der Waals surface area contributed by atoms with Crippen LogP contribution in [0.3, 0.4) is 0 Å². The fraction of sp³-hybridized carbons (Fsp3) is 0.636. The molecule has 2 heteroatoms. The fourth-order valence-corrected chi connectivity index (χ4v) is 4.76. The third-order valence-electron chi connectivity index (χ3n) is 5.74. The molecule has 0 spiro atoms. The number of aromatic nitrogens is 1. The normalized spacial score (nSPS) is 17.3. The van der Waals surface area contributed by atoms with E-state index < -0.39 is 0 Å². The number of hydrogen-bond acceptors (Lipinski definition) is 0. The van der Waals surface area contributed by atoms with Crippen LogP contribution in [-0.4, -0.2) is 4.98 Å². The molecule has 1 atom stereocenters. The molecule has 1 aromatic heterocycles. The SMILES string of the molecule is CCCCCCCCCCC1CCc2[nH]c3c(Br)cccc3c2C1. The van der Waals surface area contributed by atoms with Crippen LogP contribution in [0, 0.1) is 5.92 Å². The molecule has 0 bridgehead atoms. The van der Waals surface area contributed by atoms with Gasteiger partial charge >= 0.3 is 0 Å². The zero-order valence-electron chi connectivity index (χ0n) is 15.2. The van der Waals surface area contributed by atoms with Crippen molar-refractivity contribution >= 4 is 26.8 Å². The highest BCUT2D eigenvalue weighted by atomic mass is 79.9. The summed E-state index contributed by atoms with van der Waals surface area (Å²) >= 11 is 3.69. The molecule has 1 nitrogen and oxygen atoms in total. The standard InChI is InChI=1S/C22H32BrN/c1-2-3-4-5-6-7-8-9-11-17-14-15-21-19(16-17)18-12-10-13-20(23)22(18)24-21/h10,12-13,17,24H,2-9,11,14-16H2,1H3. The molecule has 0 fully saturated rings. The van der Waals surface area contributed by atoms with Crippen molar-refractivity contribution in [3.05, 3.63) is 33.9 Å². The Balaban J connectivity index is 1.44. The van der Waals surface area contributed by atoms with E-state index in [1.165, 1.54) is 98.1 Å². The molecule has 1 heterocycles. The molecule has 2 aromatic rings. The Morgan fingerprint density at radius 3 is 2.58 bits per heavy atom. The molecular weight excluding hydrogens is 358 g/mol. The zero-order valence-corrected chi connectivity index (χ0v) is 16.8. The van der Waals surface area contributed by atoms with Crippen LogP contribution in [-0.2, 0) is 12.8 Å². The Morgan fingerprint density at radius 1 is 1.04 bits per heavy atom. The maximum atomic E-state index is 3.69. The van der Waals surface area contributed by atoms with Crippen LogP contribution in [0.5, 0.6) is 0 Å². The number of rotatable bonds is 9. The minimum atomic E-state index is 0.899. The largest absolute Gasteiger partial charge is 0.357 e. The van der Waals surface area contributed by atoms with Crippen LogP contribution in [0.2, 0.25) is 0 Å². The molecular formula is C22H32BrN. The summed E-state index contributed by atoms with van der Waals surface area (Å²) in [5.74, 6) is 0.899. The van der Waals surface area contributed by atoms with Crippen molar-refractivity contribution in [1.29, 1.82) is 0 Å². The van der Waals surface area contributed by atoms with Crippen molar-refractivity contribution in [3.8, 4) is 0 Å². The average molecular weight is 390 g/mol. The number of aromatic amines is 1. The van der Waals surface area contributed by atoms with Gasteiger partial charge in [0.25, 0.3) is 0 Å². The summed E-state index contributed by atoms with van der Waals surface area (Å²) in [5, 5.41) is 1.44. The van der Waals surface area contributed by atoms with Gasteiger partial charge in [0.1, 0.15) is 0 Å². The van der Waals surface area contributed by atoms with E-state index in [1.54, 1.807) is 5.56 Å². The van der Waals surface area contributed by atoms with Crippen molar-refractivity contribution in [1.82, 2.24) is 4.98 Å². The lowest BCUT2D eigenvalue weighted by atomic mass is 9.83. The predicted octanol–water partition coefficient (Wildman–Crippen LogP) is 7.57. The molecule has 1 aliphatic rings. The van der Waals surface area contributed by atoms with Crippen LogP contribution < -0.4 is 0 Å². The second kappa shape index (κ2) is 9.08. The minimum Gasteiger partial charge on any atom is -0.357 e. The van der Waals surface area contributed by atoms with Crippen LogP contribution in [0.4, 0.5) is 0 Å². The average Bonchev–Trinajstić information content (AvgIpc) is 2.97. The van der Waals surface area contributed by atoms with Crippen molar-refractivity contribution in [3.63, 3.8) is 0 Å². The highest BCUT2D eigenvalue weighted by molar-refractivity contribution is 9.10. The fourth-order valence-electron chi connectivity index (χ4n) is 4.29. The molecule has 0 saturated heterocycles. The number of unbranched alkanes of at least 4 members (excludes halogenated alkanes) is 7. The van der Waals surface area contributed by atoms with E-state index in [9.17, 15) is 0 Å². The molecule has 0 aliphatic heterocycles. The van der Waals surface area contributed by atoms with E-state index in [4.69, 9.17) is 0 Å². The van der Waals surface area contributed by atoms with Gasteiger partial charge in [-0.05, 0) is 52.7 Å². The van der Waals surface area contributed by atoms with Gasteiger partial charge in [0.05, 0.1) is 5.52 Å². The van der Waals surface area contributed by atoms with Crippen molar-refractivity contribution in [2.24, 2.45) is 5.92 Å². The van der Waals surface area contributed by atoms with Gasteiger partial charge in [-0.2, -0.15) is 0 Å². The van der Waals surface area contributed by atoms with E-state index in [-0.39, 0.29) is 0 Å². The van der Waals surface area contributed by atoms with Crippen LogP contribution in [0.25, 0.3) is 10.9 Å². The second-order valence-electron chi connectivity index (χ2n) is 7.62. The quantitative estimate of drug-likeness (QED) is 0.425. The Bertz CT molecular complexity index is 643. The lowest BCUT2D eigenvalue weighted by molar-refractivity contribution is 0.403. The van der Waals surface area contributed by atoms with E-state index in [0.29, 0.717) is 0 Å². The highest BCUT2D eigenvalue weighted by Crippen LogP contribution is 2.36. The van der Waals surface area contributed by atoms with Crippen molar-refractivity contribution in [2.75, 3.05) is 0 Å². The van der Waals surface area contributed by atoms with E-state index in [0.717, 1.165) is 5.92 Å². The summed E-state index contributed by atoms with van der Waals surface area (Å²) in [6.07, 6.45) is 16.7. The molecule has 0 amide bonds. The van der Waals surface area contributed by atoms with E-state index >= 15 is 0 Å². The number of halogens is 1. The zero-order chi connectivity index (χ0) is 16.8. The number of hydrogen-bond donors (Lipinski definition) is 1. The molecule has 3 rings (SSSR count). The van der Waals surface area contributed by atoms with Crippen LogP contribution >= 0.6 is 15.9 Å². The summed E-state index contributed by atoms with van der Waals surface area (Å²) in [6.45, 7) is 2.29. The van der Waals surface area contributed by atoms with Gasteiger partial charge in [-0.1, -0.05) is 76.8 Å². The van der Waals surface area contributed by atoms with Gasteiger partial charge in [-0.3, -0.25) is 0 Å². The maximum absolute atomic E-state index is 3.69. The van der Waals surface area contributed by atoms with Crippen LogP contribution in [0.15, 0.2) is 22.7 Å². The molecule has 1 aliphatic carbocycles. The number of fused-ring (bicyclic) bond motifs is 3. The maximum Gasteiger partial charge on any atom is 0.0603 e. The third-order valence-corrected chi connectivity index (χ3v) is 6.40. The summed E-state index contributed by atoms with van der Waals surface area (Å²) < 4.78 is 1.20. The van der Waals surface area contributed by atoms with Gasteiger partial charge in [0, 0.05) is 15.6 Å². The first-order valence-electron chi connectivity index (χ1n) is 10.1. The number of aryl methyl sites for hydroxylation is 1. The van der Waals surface area contributed by atoms with Crippen molar-refractivity contribution < 1.29 is 0 Å². The molecule has 1 N–H and O–H groups in total. The van der Waals surface area contributed by atoms with Gasteiger partial charge in [-0.25, -0.2) is 0 Å². The van der Waals surface area contributed by atoms with Gasteiger partial charge < -0.3 is 4.98 Å². The molecule has 132 valence electrons. The predicted molar refractivity (Wildman–Crippen MR) is 109 cm³/mol. The van der Waals surface area contributed by atoms with Gasteiger partial charge in [0.2, 0.25) is 0 Å². The van der Waals surface area contributed by atoms with Crippen molar-refractivity contribution in [2.45, 2.75) is 84.0 Å². The Hall–Kier alpha value is -0.760. The first-order valence-corrected chi connectivity index (χ1v) is 10.9. The molecule has 0 radical (unpaired) electrons. The second-order valence-corrected chi connectivity index (χ2v) is 8.47. The number of H-pyrrole nitrogens is 1. The Morgan fingerprint density at radius 2 is 1.79 bits per heavy atom. The number of nitrogens with one attached hydrogen (secondary N) is 1. The van der Waals surface area contributed by atoms with Crippen LogP contribution in [0.1, 0.15) is 82.4 Å². The number of benzene rings is 1. The Labute approximate surface area is 155 Å². The summed E-state index contributed by atoms with van der Waals surface area (Å²) in [5.41, 5.74) is 4.39. The topological polar surface area (TPSA) is 15.8 Å². The molecule has 0 saturated carbocycles. The van der Waals surface area contributed by atoms with Gasteiger partial charge in [-0.15, -0.1) is 0 Å². The smallest absolute Gasteiger partial charge is 0.0603 e. The van der Waals surface area contributed by atoms with Gasteiger partial charge in [0.15, 0.2) is 0 Å². The molecule has 1 unspecified atom stereocenters. The minimum absolute atomic E-state index is 0.899. The summed E-state index contributed by atoms with van der Waals surface area (Å²) in [7, 11) is 0. The number of para-hydroxylation sites is 1. The Kier molecular flexibility index (Phi) is 6.83. The third kappa shape index (κ3) is 4.45. The summed E-state index contributed by atoms with van der Waals surface area (Å²) in [6, 6.07) is 6.60. The first-order chi connectivity index (χ1) is 11.8. The highest BCUT2D eigenvalue weighted by Gasteiger charge is 2.22. The lowest BCUT2D eigenvalue weighted by Crippen LogP contribution is -2.13. The molecule has 24 heavy (non-hydrogen) atoms. The first kappa shape index (κ1) is 18.0.